The minimum absolute atomic E-state index is 0. The molecule has 0 amide bonds. The molecule has 0 saturated carbocycles. The van der Waals surface area contributed by atoms with Crippen molar-refractivity contribution in [2.75, 3.05) is 0 Å². The summed E-state index contributed by atoms with van der Waals surface area (Å²) in [6, 6.07) is 25.5. The average Bonchev–Trinajstić information content (AvgIpc) is 3.54. The predicted molar refractivity (Wildman–Crippen MR) is 181 cm³/mol. The minimum atomic E-state index is 0. The van der Waals surface area contributed by atoms with Crippen molar-refractivity contribution in [2.24, 2.45) is 11.3 Å². The molecule has 0 nitrogen and oxygen atoms in total. The first kappa shape index (κ1) is 40.5. The van der Waals surface area contributed by atoms with E-state index in [1.165, 1.54) is 80.7 Å². The van der Waals surface area contributed by atoms with Gasteiger partial charge in [0.2, 0.25) is 0 Å². The third kappa shape index (κ3) is 10.8. The second-order valence-electron chi connectivity index (χ2n) is 14.7. The van der Waals surface area contributed by atoms with Crippen LogP contribution >= 0.6 is 0 Å². The van der Waals surface area contributed by atoms with E-state index in [1.54, 1.807) is 0 Å². The van der Waals surface area contributed by atoms with E-state index in [4.69, 9.17) is 0 Å². The van der Waals surface area contributed by atoms with E-state index in [2.05, 4.69) is 153 Å². The van der Waals surface area contributed by atoms with Crippen molar-refractivity contribution in [2.45, 2.75) is 106 Å². The van der Waals surface area contributed by atoms with Gasteiger partial charge in [0.1, 0.15) is 0 Å². The van der Waals surface area contributed by atoms with E-state index in [-0.39, 0.29) is 35.6 Å². The number of rotatable bonds is 3. The molecule has 44 heavy (non-hydrogen) atoms. The van der Waals surface area contributed by atoms with E-state index in [0.29, 0.717) is 11.3 Å². The summed E-state index contributed by atoms with van der Waals surface area (Å²) in [5, 5.41) is 0. The van der Waals surface area contributed by atoms with Gasteiger partial charge in [0.05, 0.1) is 0 Å². The molecule has 0 bridgehead atoms. The standard InChI is InChI=1S/C21H25.C13H21.C7H6.2ClH.Zr/c1-20(2,3)16-7-9-18-14(12-16)11-15-13-17(21(4,5)6)8-10-19(15)18;1-6-10-8-11(7-2)12(9-10)13(3,4)5;1-7-5-3-2-4-6-7;;;/h7-10,12H,11H2,1-6H3;9-10H,6-7H2,1-5H3;1-6H;2*1H;/q2*-1;;;;+2/p-2. The first-order valence-corrected chi connectivity index (χ1v) is 17.1. The van der Waals surface area contributed by atoms with Crippen LogP contribution in [0.5, 0.6) is 0 Å². The number of allylic oxidation sites excluding steroid dienone is 4. The van der Waals surface area contributed by atoms with Crippen LogP contribution in [-0.2, 0) is 41.5 Å². The Balaban J connectivity index is 0.000000361. The van der Waals surface area contributed by atoms with Crippen LogP contribution in [0.15, 0.2) is 77.9 Å². The molecule has 0 fully saturated rings. The number of benzene rings is 3. The van der Waals surface area contributed by atoms with E-state index in [0.717, 1.165) is 12.8 Å². The average molecular weight is 707 g/mol. The van der Waals surface area contributed by atoms with Crippen molar-refractivity contribution in [3.63, 3.8) is 0 Å². The molecule has 0 spiro atoms. The van der Waals surface area contributed by atoms with E-state index in [1.807, 2.05) is 6.07 Å². The molecular formula is C41H52Cl2Zr-2. The van der Waals surface area contributed by atoms with Crippen LogP contribution in [0.4, 0.5) is 0 Å². The summed E-state index contributed by atoms with van der Waals surface area (Å²) in [5.41, 5.74) is 13.3. The molecule has 3 aromatic carbocycles. The van der Waals surface area contributed by atoms with Crippen molar-refractivity contribution in [3.05, 3.63) is 118 Å². The second-order valence-corrected chi connectivity index (χ2v) is 15.4. The zero-order valence-corrected chi connectivity index (χ0v) is 32.9. The fraction of sp³-hybridized carbons (Fsp3) is 0.439. The third-order valence-corrected chi connectivity index (χ3v) is 8.90. The predicted octanol–water partition coefficient (Wildman–Crippen LogP) is 5.18. The van der Waals surface area contributed by atoms with Crippen LogP contribution in [0.2, 0.25) is 0 Å². The van der Waals surface area contributed by atoms with Gasteiger partial charge in [-0.25, -0.2) is 5.57 Å². The van der Waals surface area contributed by atoms with Crippen LogP contribution in [0.25, 0.3) is 11.1 Å². The van der Waals surface area contributed by atoms with Crippen molar-refractivity contribution in [1.82, 2.24) is 0 Å². The maximum absolute atomic E-state index is 3.67. The summed E-state index contributed by atoms with van der Waals surface area (Å²) in [6.45, 7) is 24.9. The van der Waals surface area contributed by atoms with Gasteiger partial charge < -0.3 is 24.8 Å². The zero-order chi connectivity index (χ0) is 31.3. The molecule has 236 valence electrons. The summed E-state index contributed by atoms with van der Waals surface area (Å²) in [5.74, 6) is 0.573. The zero-order valence-electron chi connectivity index (χ0n) is 28.9. The summed E-state index contributed by atoms with van der Waals surface area (Å²) in [7, 11) is 0. The quantitative estimate of drug-likeness (QED) is 0.258. The van der Waals surface area contributed by atoms with Gasteiger partial charge in [-0.2, -0.15) is 35.4 Å². The Hall–Kier alpha value is -1.53. The fourth-order valence-electron chi connectivity index (χ4n) is 5.44. The Morgan fingerprint density at radius 2 is 1.39 bits per heavy atom. The van der Waals surface area contributed by atoms with Crippen molar-refractivity contribution in [1.29, 1.82) is 0 Å². The van der Waals surface area contributed by atoms with E-state index >= 15 is 0 Å². The van der Waals surface area contributed by atoms with Crippen molar-refractivity contribution in [3.8, 4) is 11.1 Å². The topological polar surface area (TPSA) is 0 Å². The molecule has 3 heteroatoms. The Morgan fingerprint density at radius 3 is 1.84 bits per heavy atom. The number of hydrogen-bond donors (Lipinski definition) is 0. The summed E-state index contributed by atoms with van der Waals surface area (Å²) in [4.78, 5) is 0. The van der Waals surface area contributed by atoms with Gasteiger partial charge in [-0.1, -0.05) is 124 Å². The van der Waals surface area contributed by atoms with E-state index in [9.17, 15) is 0 Å². The molecule has 0 aliphatic heterocycles. The number of fused-ring (bicyclic) bond motifs is 3. The van der Waals surface area contributed by atoms with Crippen LogP contribution in [-0.4, -0.2) is 3.71 Å². The Bertz CT molecular complexity index is 1360. The summed E-state index contributed by atoms with van der Waals surface area (Å²) >= 11 is 1.46. The number of hydrogen-bond acceptors (Lipinski definition) is 0. The second kappa shape index (κ2) is 16.9. The summed E-state index contributed by atoms with van der Waals surface area (Å²) < 4.78 is 2.17. The van der Waals surface area contributed by atoms with Gasteiger partial charge in [-0.3, -0.25) is 6.08 Å². The van der Waals surface area contributed by atoms with Crippen molar-refractivity contribution >= 4 is 3.71 Å². The SMILES string of the molecule is CC(C)(C)c1[c-]c2c(cc1)-c1ccc(C(C)(C)C)cc1C2.CCC1=[C-]C(CC)C=C1C(C)(C)C.[Cl-].[Cl-].[Zr+2]=[CH]c1ccccc1. The molecule has 2 aliphatic rings. The first-order valence-electron chi connectivity index (χ1n) is 15.7. The monoisotopic (exact) mass is 704 g/mol. The van der Waals surface area contributed by atoms with Gasteiger partial charge in [-0.05, 0) is 28.4 Å². The molecule has 0 aromatic heterocycles. The molecule has 1 unspecified atom stereocenters. The molecule has 0 heterocycles. The van der Waals surface area contributed by atoms with Gasteiger partial charge in [-0.15, -0.1) is 11.1 Å². The van der Waals surface area contributed by atoms with Gasteiger partial charge in [0.15, 0.2) is 0 Å². The molecule has 3 aromatic rings. The number of halogens is 2. The first-order chi connectivity index (χ1) is 19.6. The Morgan fingerprint density at radius 1 is 0.773 bits per heavy atom. The Kier molecular flexibility index (Phi) is 15.5. The molecule has 0 N–H and O–H groups in total. The molecule has 0 radical (unpaired) electrons. The molecular weight excluding hydrogens is 655 g/mol. The van der Waals surface area contributed by atoms with Crippen LogP contribution in [0.1, 0.15) is 117 Å². The van der Waals surface area contributed by atoms with Gasteiger partial charge >= 0.3 is 63.8 Å². The Labute approximate surface area is 297 Å². The molecule has 2 aliphatic carbocycles. The van der Waals surface area contributed by atoms with Gasteiger partial charge in [0.25, 0.3) is 0 Å². The normalized spacial score (nSPS) is 15.1. The molecule has 5 rings (SSSR count). The molecule has 0 saturated heterocycles. The summed E-state index contributed by atoms with van der Waals surface area (Å²) in [6.07, 6.45) is 9.31. The van der Waals surface area contributed by atoms with Crippen LogP contribution < -0.4 is 24.8 Å². The van der Waals surface area contributed by atoms with Gasteiger partial charge in [0, 0.05) is 0 Å². The van der Waals surface area contributed by atoms with E-state index < -0.39 is 0 Å². The maximum atomic E-state index is 3.67. The molecule has 1 atom stereocenters. The third-order valence-electron chi connectivity index (χ3n) is 8.08. The van der Waals surface area contributed by atoms with Crippen LogP contribution in [0.3, 0.4) is 0 Å². The van der Waals surface area contributed by atoms with Crippen molar-refractivity contribution < 1.29 is 49.0 Å². The fourth-order valence-corrected chi connectivity index (χ4v) is 5.91. The van der Waals surface area contributed by atoms with Crippen LogP contribution in [0, 0.1) is 23.5 Å².